The summed E-state index contributed by atoms with van der Waals surface area (Å²) in [6.45, 7) is 2.06. The first-order valence-corrected chi connectivity index (χ1v) is 9.79. The van der Waals surface area contributed by atoms with Gasteiger partial charge in [-0.25, -0.2) is 4.39 Å². The molecule has 0 spiro atoms. The molecule has 31 heavy (non-hydrogen) atoms. The van der Waals surface area contributed by atoms with Gasteiger partial charge in [0.1, 0.15) is 17.3 Å². The number of halogens is 1. The molecule has 1 N–H and O–H groups in total. The predicted octanol–water partition coefficient (Wildman–Crippen LogP) is 4.53. The second kappa shape index (κ2) is 8.44. The minimum Gasteiger partial charge on any atom is -0.497 e. The van der Waals surface area contributed by atoms with Crippen LogP contribution in [-0.4, -0.2) is 23.8 Å². The van der Waals surface area contributed by atoms with Gasteiger partial charge in [-0.1, -0.05) is 36.4 Å². The van der Waals surface area contributed by atoms with E-state index in [0.717, 1.165) is 11.1 Å². The van der Waals surface area contributed by atoms with Crippen molar-refractivity contribution < 1.29 is 18.7 Å². The molecule has 0 fully saturated rings. The van der Waals surface area contributed by atoms with Crippen LogP contribution in [0.2, 0.25) is 0 Å². The van der Waals surface area contributed by atoms with Gasteiger partial charge in [0.25, 0.3) is 11.8 Å². The number of aryl methyl sites for hydroxylation is 1. The molecule has 0 radical (unpaired) electrons. The van der Waals surface area contributed by atoms with Gasteiger partial charge in [0.05, 0.1) is 19.2 Å². The molecule has 0 saturated carbocycles. The highest BCUT2D eigenvalue weighted by atomic mass is 19.1. The number of carbonyl (C=O) groups is 2. The van der Waals surface area contributed by atoms with Crippen molar-refractivity contribution in [2.75, 3.05) is 12.4 Å². The molecule has 2 amide bonds. The second-order valence-electron chi connectivity index (χ2n) is 7.30. The van der Waals surface area contributed by atoms with E-state index in [2.05, 4.69) is 5.32 Å². The van der Waals surface area contributed by atoms with Crippen LogP contribution >= 0.6 is 0 Å². The van der Waals surface area contributed by atoms with E-state index in [9.17, 15) is 14.0 Å². The fourth-order valence-electron chi connectivity index (χ4n) is 3.50. The third kappa shape index (κ3) is 4.19. The lowest BCUT2D eigenvalue weighted by atomic mass is 10.0. The topological polar surface area (TPSA) is 58.6 Å². The molecular weight excluding hydrogens is 395 g/mol. The zero-order valence-electron chi connectivity index (χ0n) is 17.2. The van der Waals surface area contributed by atoms with Gasteiger partial charge in [0.15, 0.2) is 0 Å². The van der Waals surface area contributed by atoms with Gasteiger partial charge in [-0.3, -0.25) is 14.5 Å². The lowest BCUT2D eigenvalue weighted by Crippen LogP contribution is -2.32. The number of benzene rings is 3. The maximum Gasteiger partial charge on any atom is 0.278 e. The summed E-state index contributed by atoms with van der Waals surface area (Å²) in [6.07, 6.45) is 0. The van der Waals surface area contributed by atoms with Crippen LogP contribution in [0.1, 0.15) is 16.7 Å². The molecule has 3 aromatic carbocycles. The third-order valence-corrected chi connectivity index (χ3v) is 5.09. The molecule has 156 valence electrons. The van der Waals surface area contributed by atoms with E-state index in [1.54, 1.807) is 19.2 Å². The number of hydrogen-bond acceptors (Lipinski definition) is 4. The van der Waals surface area contributed by atoms with Crippen molar-refractivity contribution in [2.24, 2.45) is 0 Å². The van der Waals surface area contributed by atoms with Crippen LogP contribution in [0.25, 0.3) is 5.57 Å². The van der Waals surface area contributed by atoms with Gasteiger partial charge in [-0.05, 0) is 60.0 Å². The Morgan fingerprint density at radius 3 is 2.29 bits per heavy atom. The summed E-state index contributed by atoms with van der Waals surface area (Å²) < 4.78 is 18.6. The lowest BCUT2D eigenvalue weighted by Gasteiger charge is -2.16. The van der Waals surface area contributed by atoms with E-state index >= 15 is 0 Å². The lowest BCUT2D eigenvalue weighted by molar-refractivity contribution is -0.137. The van der Waals surface area contributed by atoms with E-state index in [-0.39, 0.29) is 17.8 Å². The highest BCUT2D eigenvalue weighted by molar-refractivity contribution is 6.36. The van der Waals surface area contributed by atoms with E-state index in [4.69, 9.17) is 4.74 Å². The van der Waals surface area contributed by atoms with Crippen molar-refractivity contribution >= 4 is 23.1 Å². The zero-order valence-corrected chi connectivity index (χ0v) is 17.2. The normalized spacial score (nSPS) is 13.7. The van der Waals surface area contributed by atoms with Gasteiger partial charge in [0, 0.05) is 5.69 Å². The van der Waals surface area contributed by atoms with Crippen LogP contribution in [0.4, 0.5) is 10.1 Å². The van der Waals surface area contributed by atoms with Crippen molar-refractivity contribution in [3.05, 3.63) is 101 Å². The van der Waals surface area contributed by atoms with E-state index in [1.165, 1.54) is 29.2 Å². The number of anilines is 1. The SMILES string of the molecule is COc1ccc(CN2C(=O)C(Nc3cccc(C)c3)=C(c3ccc(F)cc3)C2=O)cc1. The molecule has 1 heterocycles. The quantitative estimate of drug-likeness (QED) is 0.600. The molecule has 0 aliphatic carbocycles. The highest BCUT2D eigenvalue weighted by Crippen LogP contribution is 2.32. The summed E-state index contributed by atoms with van der Waals surface area (Å²) in [5.74, 6) is -0.580. The number of ether oxygens (including phenoxy) is 1. The Morgan fingerprint density at radius 2 is 1.65 bits per heavy atom. The molecule has 4 rings (SSSR count). The predicted molar refractivity (Wildman–Crippen MR) is 117 cm³/mol. The number of amides is 2. The molecular formula is C25H21FN2O3. The van der Waals surface area contributed by atoms with Crippen molar-refractivity contribution in [1.82, 2.24) is 4.90 Å². The first-order valence-electron chi connectivity index (χ1n) is 9.79. The smallest absolute Gasteiger partial charge is 0.278 e. The Kier molecular flexibility index (Phi) is 5.54. The summed E-state index contributed by atoms with van der Waals surface area (Å²) in [6, 6.07) is 20.3. The molecule has 1 aliphatic rings. The number of carbonyl (C=O) groups excluding carboxylic acids is 2. The summed E-state index contributed by atoms with van der Waals surface area (Å²) in [5.41, 5.74) is 3.38. The zero-order chi connectivity index (χ0) is 22.0. The van der Waals surface area contributed by atoms with Crippen molar-refractivity contribution in [2.45, 2.75) is 13.5 Å². The third-order valence-electron chi connectivity index (χ3n) is 5.09. The standard InChI is InChI=1S/C25H21FN2O3/c1-16-4-3-5-20(14-16)27-23-22(18-8-10-19(26)11-9-18)24(29)28(25(23)30)15-17-6-12-21(31-2)13-7-17/h3-14,27H,15H2,1-2H3. The van der Waals surface area contributed by atoms with Crippen molar-refractivity contribution in [3.8, 4) is 5.75 Å². The molecule has 6 heteroatoms. The van der Waals surface area contributed by atoms with Gasteiger partial charge in [0.2, 0.25) is 0 Å². The molecule has 0 atom stereocenters. The Bertz CT molecular complexity index is 1170. The minimum atomic E-state index is -0.429. The summed E-state index contributed by atoms with van der Waals surface area (Å²) in [7, 11) is 1.57. The van der Waals surface area contributed by atoms with Gasteiger partial charge >= 0.3 is 0 Å². The summed E-state index contributed by atoms with van der Waals surface area (Å²) in [5, 5.41) is 3.11. The van der Waals surface area contributed by atoms with Crippen molar-refractivity contribution in [3.63, 3.8) is 0 Å². The maximum atomic E-state index is 13.5. The average Bonchev–Trinajstić information content (AvgIpc) is 2.99. The fourth-order valence-corrected chi connectivity index (χ4v) is 3.50. The fraction of sp³-hybridized carbons (Fsp3) is 0.120. The van der Waals surface area contributed by atoms with E-state index in [1.807, 2.05) is 43.3 Å². The van der Waals surface area contributed by atoms with E-state index in [0.29, 0.717) is 17.0 Å². The molecule has 5 nitrogen and oxygen atoms in total. The number of nitrogens with zero attached hydrogens (tertiary/aromatic N) is 1. The monoisotopic (exact) mass is 416 g/mol. The Hall–Kier alpha value is -3.93. The summed E-state index contributed by atoms with van der Waals surface area (Å²) in [4.78, 5) is 27.7. The van der Waals surface area contributed by atoms with Crippen LogP contribution in [0.3, 0.4) is 0 Å². The number of nitrogens with one attached hydrogen (secondary N) is 1. The first-order chi connectivity index (χ1) is 15.0. The highest BCUT2D eigenvalue weighted by Gasteiger charge is 2.39. The minimum absolute atomic E-state index is 0.116. The second-order valence-corrected chi connectivity index (χ2v) is 7.30. The number of hydrogen-bond donors (Lipinski definition) is 1. The molecule has 1 aliphatic heterocycles. The molecule has 3 aromatic rings. The van der Waals surface area contributed by atoms with Crippen LogP contribution in [0.5, 0.6) is 5.75 Å². The molecule has 0 aromatic heterocycles. The molecule has 0 unspecified atom stereocenters. The molecule has 0 bridgehead atoms. The summed E-state index contributed by atoms with van der Waals surface area (Å²) >= 11 is 0. The van der Waals surface area contributed by atoms with E-state index < -0.39 is 17.6 Å². The van der Waals surface area contributed by atoms with Crippen LogP contribution in [0.15, 0.2) is 78.5 Å². The first kappa shape index (κ1) is 20.3. The number of methoxy groups -OCH3 is 1. The van der Waals surface area contributed by atoms with Gasteiger partial charge in [-0.15, -0.1) is 0 Å². The largest absolute Gasteiger partial charge is 0.497 e. The van der Waals surface area contributed by atoms with Crippen LogP contribution in [0, 0.1) is 12.7 Å². The van der Waals surface area contributed by atoms with Crippen LogP contribution in [-0.2, 0) is 16.1 Å². The average molecular weight is 416 g/mol. The van der Waals surface area contributed by atoms with Gasteiger partial charge in [-0.2, -0.15) is 0 Å². The Morgan fingerprint density at radius 1 is 0.935 bits per heavy atom. The van der Waals surface area contributed by atoms with Crippen LogP contribution < -0.4 is 10.1 Å². The Balaban J connectivity index is 1.71. The van der Waals surface area contributed by atoms with Gasteiger partial charge < -0.3 is 10.1 Å². The number of rotatable bonds is 6. The maximum absolute atomic E-state index is 13.5. The van der Waals surface area contributed by atoms with Crippen molar-refractivity contribution in [1.29, 1.82) is 0 Å². The molecule has 0 saturated heterocycles. The Labute approximate surface area is 179 Å². The number of imide groups is 1.